The fraction of sp³-hybridized carbons (Fsp3) is 0.125. The molecule has 0 aliphatic carbocycles. The molecule has 0 aliphatic rings. The number of benzene rings is 1. The van der Waals surface area contributed by atoms with Crippen LogP contribution in [0.1, 0.15) is 11.1 Å². The highest BCUT2D eigenvalue weighted by molar-refractivity contribution is 5.36. The minimum atomic E-state index is 0.281. The Labute approximate surface area is 65.0 Å². The lowest BCUT2D eigenvalue weighted by Gasteiger charge is -1.99. The van der Waals surface area contributed by atoms with Gasteiger partial charge in [0.25, 0.3) is 0 Å². The first-order valence-electron chi connectivity index (χ1n) is 3.18. The van der Waals surface area contributed by atoms with Gasteiger partial charge in [-0.15, -0.1) is 0 Å². The van der Waals surface area contributed by atoms with Crippen LogP contribution in [0.25, 0.3) is 0 Å². The van der Waals surface area contributed by atoms with Crippen molar-refractivity contribution < 1.29 is 4.84 Å². The Bertz CT molecular complexity index is 278. The van der Waals surface area contributed by atoms with E-state index in [9.17, 15) is 0 Å². The van der Waals surface area contributed by atoms with Crippen molar-refractivity contribution in [1.82, 2.24) is 0 Å². The number of hydrogen-bond acceptors (Lipinski definition) is 3. The number of nitriles is 1. The molecule has 0 amide bonds. The molecule has 0 heterocycles. The first-order valence-corrected chi connectivity index (χ1v) is 3.18. The second-order valence-electron chi connectivity index (χ2n) is 2.08. The Kier molecular flexibility index (Phi) is 2.61. The SMILES string of the molecule is N#Cc1ccccc1CON. The number of nitrogens with zero attached hydrogens (tertiary/aromatic N) is 1. The molecule has 11 heavy (non-hydrogen) atoms. The van der Waals surface area contributed by atoms with E-state index in [2.05, 4.69) is 4.84 Å². The molecule has 2 N–H and O–H groups in total. The highest BCUT2D eigenvalue weighted by atomic mass is 16.6. The molecule has 0 saturated carbocycles. The van der Waals surface area contributed by atoms with Crippen molar-refractivity contribution in [3.8, 4) is 6.07 Å². The van der Waals surface area contributed by atoms with E-state index in [1.165, 1.54) is 0 Å². The van der Waals surface area contributed by atoms with Gasteiger partial charge in [0.15, 0.2) is 0 Å². The van der Waals surface area contributed by atoms with Crippen LogP contribution in [0.4, 0.5) is 0 Å². The van der Waals surface area contributed by atoms with Crippen LogP contribution >= 0.6 is 0 Å². The molecule has 0 radical (unpaired) electrons. The second-order valence-corrected chi connectivity index (χ2v) is 2.08. The summed E-state index contributed by atoms with van der Waals surface area (Å²) in [5, 5.41) is 8.60. The summed E-state index contributed by atoms with van der Waals surface area (Å²) < 4.78 is 0. The lowest BCUT2D eigenvalue weighted by molar-refractivity contribution is 0.124. The molecule has 0 saturated heterocycles. The van der Waals surface area contributed by atoms with Gasteiger partial charge in [0.1, 0.15) is 0 Å². The normalized spacial score (nSPS) is 9.09. The summed E-state index contributed by atoms with van der Waals surface area (Å²) in [4.78, 5) is 4.42. The summed E-state index contributed by atoms with van der Waals surface area (Å²) in [6, 6.07) is 9.23. The van der Waals surface area contributed by atoms with E-state index in [0.717, 1.165) is 5.56 Å². The Morgan fingerprint density at radius 1 is 1.45 bits per heavy atom. The van der Waals surface area contributed by atoms with Gasteiger partial charge in [-0.25, -0.2) is 5.90 Å². The smallest absolute Gasteiger partial charge is 0.0995 e. The topological polar surface area (TPSA) is 59.0 Å². The predicted octanol–water partition coefficient (Wildman–Crippen LogP) is 0.949. The molecule has 1 rings (SSSR count). The Hall–Kier alpha value is -1.37. The summed E-state index contributed by atoms with van der Waals surface area (Å²) in [5.74, 6) is 4.87. The zero-order valence-electron chi connectivity index (χ0n) is 5.95. The number of rotatable bonds is 2. The molecule has 1 aromatic carbocycles. The quantitative estimate of drug-likeness (QED) is 0.635. The molecule has 56 valence electrons. The number of nitrogens with two attached hydrogens (primary N) is 1. The van der Waals surface area contributed by atoms with Gasteiger partial charge in [-0.3, -0.25) is 4.84 Å². The van der Waals surface area contributed by atoms with Crippen LogP contribution in [0.2, 0.25) is 0 Å². The molecule has 0 bridgehead atoms. The van der Waals surface area contributed by atoms with Crippen molar-refractivity contribution in [3.05, 3.63) is 35.4 Å². The van der Waals surface area contributed by atoms with E-state index in [0.29, 0.717) is 5.56 Å². The van der Waals surface area contributed by atoms with Crippen LogP contribution in [0, 0.1) is 11.3 Å². The maximum Gasteiger partial charge on any atom is 0.0995 e. The molecular formula is C8H8N2O. The molecule has 0 aliphatic heterocycles. The van der Waals surface area contributed by atoms with Crippen LogP contribution in [0.15, 0.2) is 24.3 Å². The van der Waals surface area contributed by atoms with E-state index in [-0.39, 0.29) is 6.61 Å². The lowest BCUT2D eigenvalue weighted by Crippen LogP contribution is -2.00. The third-order valence-corrected chi connectivity index (χ3v) is 1.38. The zero-order chi connectivity index (χ0) is 8.10. The molecule has 0 aromatic heterocycles. The summed E-state index contributed by atoms with van der Waals surface area (Å²) in [6.45, 7) is 0.281. The molecule has 0 unspecified atom stereocenters. The van der Waals surface area contributed by atoms with Crippen LogP contribution in [0.5, 0.6) is 0 Å². The maximum atomic E-state index is 8.60. The van der Waals surface area contributed by atoms with Gasteiger partial charge in [-0.1, -0.05) is 18.2 Å². The van der Waals surface area contributed by atoms with Crippen molar-refractivity contribution >= 4 is 0 Å². The van der Waals surface area contributed by atoms with Crippen LogP contribution < -0.4 is 5.90 Å². The van der Waals surface area contributed by atoms with Gasteiger partial charge in [0.05, 0.1) is 18.2 Å². The van der Waals surface area contributed by atoms with Crippen LogP contribution in [-0.4, -0.2) is 0 Å². The molecular weight excluding hydrogens is 140 g/mol. The Morgan fingerprint density at radius 3 is 2.82 bits per heavy atom. The molecule has 0 spiro atoms. The second kappa shape index (κ2) is 3.71. The standard InChI is InChI=1S/C8H8N2O/c9-5-7-3-1-2-4-8(7)6-11-10/h1-4H,6,10H2. The van der Waals surface area contributed by atoms with E-state index >= 15 is 0 Å². The third-order valence-electron chi connectivity index (χ3n) is 1.38. The van der Waals surface area contributed by atoms with Crippen molar-refractivity contribution in [3.63, 3.8) is 0 Å². The fourth-order valence-corrected chi connectivity index (χ4v) is 0.845. The largest absolute Gasteiger partial charge is 0.300 e. The molecule has 3 nitrogen and oxygen atoms in total. The van der Waals surface area contributed by atoms with Crippen molar-refractivity contribution in [2.24, 2.45) is 5.90 Å². The average Bonchev–Trinajstić information content (AvgIpc) is 2.06. The first kappa shape index (κ1) is 7.73. The molecule has 0 fully saturated rings. The summed E-state index contributed by atoms with van der Waals surface area (Å²) in [7, 11) is 0. The Balaban J connectivity index is 2.95. The highest BCUT2D eigenvalue weighted by Crippen LogP contribution is 2.06. The van der Waals surface area contributed by atoms with Crippen molar-refractivity contribution in [2.75, 3.05) is 0 Å². The van der Waals surface area contributed by atoms with Gasteiger partial charge in [0.2, 0.25) is 0 Å². The van der Waals surface area contributed by atoms with E-state index < -0.39 is 0 Å². The summed E-state index contributed by atoms with van der Waals surface area (Å²) in [5.41, 5.74) is 1.43. The van der Waals surface area contributed by atoms with Gasteiger partial charge < -0.3 is 0 Å². The monoisotopic (exact) mass is 148 g/mol. The fourth-order valence-electron chi connectivity index (χ4n) is 0.845. The minimum absolute atomic E-state index is 0.281. The number of hydrogen-bond donors (Lipinski definition) is 1. The van der Waals surface area contributed by atoms with Crippen LogP contribution in [-0.2, 0) is 11.4 Å². The molecule has 3 heteroatoms. The zero-order valence-corrected chi connectivity index (χ0v) is 5.95. The van der Waals surface area contributed by atoms with Gasteiger partial charge in [-0.05, 0) is 11.6 Å². The third kappa shape index (κ3) is 1.77. The van der Waals surface area contributed by atoms with Crippen LogP contribution in [0.3, 0.4) is 0 Å². The molecule has 0 atom stereocenters. The van der Waals surface area contributed by atoms with Gasteiger partial charge in [0, 0.05) is 0 Å². The summed E-state index contributed by atoms with van der Waals surface area (Å²) >= 11 is 0. The van der Waals surface area contributed by atoms with Gasteiger partial charge in [-0.2, -0.15) is 5.26 Å². The van der Waals surface area contributed by atoms with Gasteiger partial charge >= 0.3 is 0 Å². The summed E-state index contributed by atoms with van der Waals surface area (Å²) in [6.07, 6.45) is 0. The highest BCUT2D eigenvalue weighted by Gasteiger charge is 1.97. The van der Waals surface area contributed by atoms with E-state index in [4.69, 9.17) is 11.2 Å². The van der Waals surface area contributed by atoms with E-state index in [1.54, 1.807) is 12.1 Å². The van der Waals surface area contributed by atoms with Crippen molar-refractivity contribution in [2.45, 2.75) is 6.61 Å². The van der Waals surface area contributed by atoms with Crippen molar-refractivity contribution in [1.29, 1.82) is 5.26 Å². The first-order chi connectivity index (χ1) is 5.38. The maximum absolute atomic E-state index is 8.60. The lowest BCUT2D eigenvalue weighted by atomic mass is 10.1. The average molecular weight is 148 g/mol. The minimum Gasteiger partial charge on any atom is -0.300 e. The molecule has 1 aromatic rings. The Morgan fingerprint density at radius 2 is 2.18 bits per heavy atom. The predicted molar refractivity (Wildman–Crippen MR) is 40.1 cm³/mol. The van der Waals surface area contributed by atoms with E-state index in [1.807, 2.05) is 18.2 Å².